The molecule has 0 heterocycles. The fourth-order valence-corrected chi connectivity index (χ4v) is 8.30. The Morgan fingerprint density at radius 3 is 0.583 bits per heavy atom. The Hall–Kier alpha value is -7.48. The van der Waals surface area contributed by atoms with Crippen molar-refractivity contribution in [2.75, 3.05) is 0 Å². The summed E-state index contributed by atoms with van der Waals surface area (Å²) in [5, 5.41) is 1.47. The second-order valence-corrected chi connectivity index (χ2v) is 24.6. The summed E-state index contributed by atoms with van der Waals surface area (Å²) in [5.74, 6) is -4.67. The maximum Gasteiger partial charge on any atom is 0.161 e. The van der Waals surface area contributed by atoms with Gasteiger partial charge in [0.05, 0.1) is 10.0 Å². The first kappa shape index (κ1) is 86.5. The highest BCUT2D eigenvalue weighted by molar-refractivity contribution is 6.32. The lowest BCUT2D eigenvalue weighted by Crippen LogP contribution is -1.91. The summed E-state index contributed by atoms with van der Waals surface area (Å²) < 4.78 is 152. The quantitative estimate of drug-likeness (QED) is 0.133. The zero-order chi connectivity index (χ0) is 73.8. The van der Waals surface area contributed by atoms with Crippen LogP contribution in [0.5, 0.6) is 0 Å². The third-order valence-electron chi connectivity index (χ3n) is 14.0. The molecule has 16 heteroatoms. The van der Waals surface area contributed by atoms with Crippen molar-refractivity contribution in [2.24, 2.45) is 0 Å². The van der Waals surface area contributed by atoms with E-state index >= 15 is 0 Å². The summed E-state index contributed by atoms with van der Waals surface area (Å²) in [6.45, 7) is 34.6. The predicted molar refractivity (Wildman–Crippen MR) is 379 cm³/mol. The van der Waals surface area contributed by atoms with Gasteiger partial charge in [-0.2, -0.15) is 0 Å². The lowest BCUT2D eigenvalue weighted by molar-refractivity contribution is 0.497. The van der Waals surface area contributed by atoms with Crippen LogP contribution >= 0.6 is 46.4 Å². The number of hydrogen-bond acceptors (Lipinski definition) is 0. The highest BCUT2D eigenvalue weighted by atomic mass is 35.5. The van der Waals surface area contributed by atoms with Crippen LogP contribution in [0, 0.1) is 208 Å². The van der Waals surface area contributed by atoms with E-state index in [4.69, 9.17) is 46.4 Å². The Kier molecular flexibility index (Phi) is 38.1. The molecule has 0 aliphatic rings. The zero-order valence-corrected chi connectivity index (χ0v) is 60.9. The first-order chi connectivity index (χ1) is 44.5. The molecule has 0 N–H and O–H groups in total. The lowest BCUT2D eigenvalue weighted by atomic mass is 10.1. The van der Waals surface area contributed by atoms with Crippen LogP contribution in [0.25, 0.3) is 0 Å². The fraction of sp³-hybridized carbons (Fsp3) is 0.250. The average molecular weight is 1420 g/mol. The highest BCUT2D eigenvalue weighted by Crippen LogP contribution is 2.24. The second-order valence-electron chi connectivity index (χ2n) is 23.1. The van der Waals surface area contributed by atoms with Gasteiger partial charge in [-0.15, -0.1) is 0 Å². The van der Waals surface area contributed by atoms with Crippen molar-refractivity contribution in [3.63, 3.8) is 0 Å². The second kappa shape index (κ2) is 42.3. The van der Waals surface area contributed by atoms with Gasteiger partial charge in [-0.05, 0) is 277 Å². The van der Waals surface area contributed by atoms with Crippen molar-refractivity contribution in [2.45, 2.75) is 138 Å². The summed E-state index contributed by atoms with van der Waals surface area (Å²) in [6, 6.07) is 40.8. The summed E-state index contributed by atoms with van der Waals surface area (Å²) in [5.41, 5.74) is 13.6. The van der Waals surface area contributed by atoms with Crippen molar-refractivity contribution in [1.82, 2.24) is 0 Å². The van der Waals surface area contributed by atoms with Gasteiger partial charge in [0.1, 0.15) is 58.2 Å². The topological polar surface area (TPSA) is 0 Å². The van der Waals surface area contributed by atoms with Crippen LogP contribution in [0.15, 0.2) is 146 Å². The Balaban J connectivity index is 0.000000534. The Morgan fingerprint density at radius 2 is 0.365 bits per heavy atom. The van der Waals surface area contributed by atoms with Crippen molar-refractivity contribution in [3.8, 4) is 0 Å². The van der Waals surface area contributed by atoms with Crippen molar-refractivity contribution < 1.29 is 52.7 Å². The molecule has 0 fully saturated rings. The van der Waals surface area contributed by atoms with E-state index in [1.165, 1.54) is 87.4 Å². The summed E-state index contributed by atoms with van der Waals surface area (Å²) in [6.07, 6.45) is 0. The number of rotatable bonds is 0. The van der Waals surface area contributed by atoms with Gasteiger partial charge in [0.15, 0.2) is 11.6 Å². The molecule has 0 aliphatic carbocycles. The van der Waals surface area contributed by atoms with E-state index in [0.717, 1.165) is 33.4 Å². The standard InChI is InChI=1S/4C8H8ClF.3C8H8F2.2C8H9F.C8H10/c2*1-5-3-7(9)6(2)8(10)4-5;2*1-5-3-4-6(2)8(10)7(5)9;2*1-5-3-7(9)6(2)8(10)4-5;1-5-3-4-6(2)8(10)7(5)9;2*1-6-3-4-7(2)8(9)5-6;1-7-3-5-8(2)6-4-7/h7*3-4H,1-2H3;2*3-5H,1-2H3;3-6H,1-2H3. The van der Waals surface area contributed by atoms with Gasteiger partial charge in [0.2, 0.25) is 0 Å². The molecule has 96 heavy (non-hydrogen) atoms. The molecule has 0 amide bonds. The van der Waals surface area contributed by atoms with Crippen LogP contribution in [-0.2, 0) is 0 Å². The summed E-state index contributed by atoms with van der Waals surface area (Å²) in [4.78, 5) is 0. The number of hydrogen-bond donors (Lipinski definition) is 0. The zero-order valence-electron chi connectivity index (χ0n) is 57.9. The van der Waals surface area contributed by atoms with E-state index in [2.05, 4.69) is 38.1 Å². The Morgan fingerprint density at radius 1 is 0.177 bits per heavy atom. The SMILES string of the molecule is Cc1cc(F)c(C)c(Cl)c1.Cc1cc(F)c(C)c(Cl)c1.Cc1cc(F)c(C)c(F)c1.Cc1cc(F)c(C)c(F)c1.Cc1ccc(C)c(Cl)c1F.Cc1ccc(C)c(Cl)c1F.Cc1ccc(C)c(F)c1.Cc1ccc(C)c(F)c1.Cc1ccc(C)c(F)c1F.Cc1ccc(C)cc1. The molecule has 10 aromatic rings. The van der Waals surface area contributed by atoms with E-state index in [9.17, 15) is 52.7 Å². The molecule has 0 unspecified atom stereocenters. The summed E-state index contributed by atoms with van der Waals surface area (Å²) >= 11 is 22.6. The van der Waals surface area contributed by atoms with Gasteiger partial charge in [-0.25, -0.2) is 52.7 Å². The van der Waals surface area contributed by atoms with Crippen molar-refractivity contribution in [1.29, 1.82) is 0 Å². The molecule has 10 rings (SSSR count). The van der Waals surface area contributed by atoms with Crippen LogP contribution < -0.4 is 0 Å². The Labute approximate surface area is 580 Å². The van der Waals surface area contributed by atoms with Gasteiger partial charge in [0.25, 0.3) is 0 Å². The first-order valence-electron chi connectivity index (χ1n) is 29.9. The minimum Gasteiger partial charge on any atom is -0.207 e. The molecular formula is C80H84Cl4F12. The average Bonchev–Trinajstić information content (AvgIpc) is 0.954. The van der Waals surface area contributed by atoms with Crippen LogP contribution in [0.1, 0.15) is 111 Å². The molecule has 516 valence electrons. The summed E-state index contributed by atoms with van der Waals surface area (Å²) in [7, 11) is 0. The Bertz CT molecular complexity index is 3550. The number of benzene rings is 10. The van der Waals surface area contributed by atoms with E-state index in [0.29, 0.717) is 65.7 Å². The normalized spacial score (nSPS) is 9.88. The van der Waals surface area contributed by atoms with Crippen LogP contribution in [0.3, 0.4) is 0 Å². The molecule has 0 atom stereocenters. The first-order valence-corrected chi connectivity index (χ1v) is 31.4. The monoisotopic (exact) mass is 1410 g/mol. The molecule has 0 radical (unpaired) electrons. The molecule has 0 aliphatic heterocycles. The van der Waals surface area contributed by atoms with Crippen LogP contribution in [0.2, 0.25) is 20.1 Å². The highest BCUT2D eigenvalue weighted by Gasteiger charge is 2.09. The van der Waals surface area contributed by atoms with Gasteiger partial charge in [-0.3, -0.25) is 0 Å². The molecule has 0 nitrogen and oxygen atoms in total. The lowest BCUT2D eigenvalue weighted by Gasteiger charge is -2.00. The molecule has 0 aromatic heterocycles. The number of halogens is 16. The number of aryl methyl sites for hydroxylation is 16. The molecule has 0 saturated heterocycles. The fourth-order valence-electron chi connectivity index (χ4n) is 7.35. The smallest absolute Gasteiger partial charge is 0.161 e. The van der Waals surface area contributed by atoms with Gasteiger partial charge >= 0.3 is 0 Å². The maximum absolute atomic E-state index is 12.9. The van der Waals surface area contributed by atoms with Gasteiger partial charge in [0, 0.05) is 32.3 Å². The van der Waals surface area contributed by atoms with Crippen LogP contribution in [0.4, 0.5) is 52.7 Å². The largest absolute Gasteiger partial charge is 0.207 e. The molecule has 0 spiro atoms. The molecular weight excluding hydrogens is 1330 g/mol. The van der Waals surface area contributed by atoms with E-state index in [-0.39, 0.29) is 56.1 Å². The van der Waals surface area contributed by atoms with Crippen molar-refractivity contribution in [3.05, 3.63) is 347 Å². The molecule has 0 bridgehead atoms. The maximum atomic E-state index is 12.9. The third kappa shape index (κ3) is 30.7. The van der Waals surface area contributed by atoms with E-state index < -0.39 is 34.9 Å². The van der Waals surface area contributed by atoms with Gasteiger partial charge in [-0.1, -0.05) is 142 Å². The predicted octanol–water partition coefficient (Wildman–Crippen LogP) is 27.3. The van der Waals surface area contributed by atoms with Crippen molar-refractivity contribution >= 4 is 46.4 Å². The molecule has 10 aromatic carbocycles. The van der Waals surface area contributed by atoms with Gasteiger partial charge < -0.3 is 0 Å². The minimum atomic E-state index is -0.736. The van der Waals surface area contributed by atoms with Crippen LogP contribution in [-0.4, -0.2) is 0 Å². The van der Waals surface area contributed by atoms with E-state index in [1.54, 1.807) is 130 Å². The van der Waals surface area contributed by atoms with E-state index in [1.807, 2.05) is 39.8 Å². The molecule has 0 saturated carbocycles. The third-order valence-corrected chi connectivity index (χ3v) is 15.7. The minimum absolute atomic E-state index is 0.0885.